The van der Waals surface area contributed by atoms with Crippen molar-refractivity contribution >= 4 is 11.5 Å². The molecule has 0 unspecified atom stereocenters. The normalized spacial score (nSPS) is 5.54. The Morgan fingerprint density at radius 3 is 1.00 bits per heavy atom. The smallest absolute Gasteiger partial charge is 0.126 e. The molecule has 0 bridgehead atoms. The van der Waals surface area contributed by atoms with E-state index < -0.39 is 0 Å². The average molecular weight is 191 g/mol. The fourth-order valence-electron chi connectivity index (χ4n) is 0. The predicted octanol–water partition coefficient (Wildman–Crippen LogP) is 3.50. The lowest BCUT2D eigenvalue weighted by atomic mass is 10.5. The summed E-state index contributed by atoms with van der Waals surface area (Å²) in [5.74, 6) is 0.167. The summed E-state index contributed by atoms with van der Waals surface area (Å²) in [7, 11) is 0. The van der Waals surface area contributed by atoms with Crippen LogP contribution in [0.2, 0.25) is 0 Å². The summed E-state index contributed by atoms with van der Waals surface area (Å²) < 4.78 is 0. The van der Waals surface area contributed by atoms with Gasteiger partial charge in [0, 0.05) is 0 Å². The van der Waals surface area contributed by atoms with E-state index in [1.807, 2.05) is 27.7 Å². The van der Waals surface area contributed by atoms with E-state index in [4.69, 9.17) is 5.21 Å². The molecular weight excluding hydrogens is 166 g/mol. The number of carbonyl (C=O) groups is 1. The highest BCUT2D eigenvalue weighted by Crippen LogP contribution is 1.62. The molecule has 0 radical (unpaired) electrons. The second-order valence-electron chi connectivity index (χ2n) is 1.96. The Bertz CT molecular complexity index is 101. The highest BCUT2D eigenvalue weighted by Gasteiger charge is 1.65. The number of hydrogen-bond donors (Lipinski definition) is 1. The molecule has 3 heteroatoms. The van der Waals surface area contributed by atoms with Crippen molar-refractivity contribution in [3.05, 3.63) is 0 Å². The van der Waals surface area contributed by atoms with E-state index in [1.54, 1.807) is 13.8 Å². The molecule has 3 nitrogen and oxygen atoms in total. The van der Waals surface area contributed by atoms with Crippen molar-refractivity contribution in [2.75, 3.05) is 0 Å². The lowest BCUT2D eigenvalue weighted by Gasteiger charge is -1.72. The number of rotatable bonds is 0. The Kier molecular flexibility index (Phi) is 53.1. The van der Waals surface area contributed by atoms with Gasteiger partial charge in [-0.25, -0.2) is 0 Å². The van der Waals surface area contributed by atoms with Crippen LogP contribution in [0.25, 0.3) is 0 Å². The molecule has 0 aromatic rings. The molecule has 13 heavy (non-hydrogen) atoms. The van der Waals surface area contributed by atoms with Crippen molar-refractivity contribution < 1.29 is 10.0 Å². The fourth-order valence-corrected chi connectivity index (χ4v) is 0. The number of Topliss-reactive ketones (excluding diaryl/α,β-unsaturated/α-hetero) is 1. The van der Waals surface area contributed by atoms with Crippen LogP contribution in [0, 0.1) is 0 Å². The first-order chi connectivity index (χ1) is 6.00. The van der Waals surface area contributed by atoms with E-state index in [-0.39, 0.29) is 5.78 Å². The molecule has 0 aromatic heterocycles. The zero-order valence-corrected chi connectivity index (χ0v) is 10.3. The molecule has 0 rings (SSSR count). The number of carbonyl (C=O) groups excluding carboxylic acids is 1. The van der Waals surface area contributed by atoms with E-state index >= 15 is 0 Å². The minimum absolute atomic E-state index is 0.167. The largest absolute Gasteiger partial charge is 0.411 e. The van der Waals surface area contributed by atoms with Gasteiger partial charge < -0.3 is 10.0 Å². The topological polar surface area (TPSA) is 49.7 Å². The Balaban J connectivity index is -0.0000000457. The average Bonchev–Trinajstić information content (AvgIpc) is 2.10. The van der Waals surface area contributed by atoms with Gasteiger partial charge in [0.2, 0.25) is 0 Å². The van der Waals surface area contributed by atoms with Gasteiger partial charge in [-0.1, -0.05) is 32.9 Å². The third kappa shape index (κ3) is 716. The van der Waals surface area contributed by atoms with Crippen molar-refractivity contribution in [1.82, 2.24) is 0 Å². The van der Waals surface area contributed by atoms with Crippen LogP contribution in [0.1, 0.15) is 55.4 Å². The monoisotopic (exact) mass is 191 g/mol. The molecule has 0 aliphatic heterocycles. The molecule has 0 spiro atoms. The second-order valence-corrected chi connectivity index (χ2v) is 1.96. The van der Waals surface area contributed by atoms with Crippen molar-refractivity contribution in [2.24, 2.45) is 5.16 Å². The first-order valence-corrected chi connectivity index (χ1v) is 4.63. The molecule has 0 saturated carbocycles. The number of ketones is 1. The highest BCUT2D eigenvalue weighted by atomic mass is 16.4. The summed E-state index contributed by atoms with van der Waals surface area (Å²) >= 11 is 0. The Labute approximate surface area is 82.8 Å². The third-order valence-electron chi connectivity index (χ3n) is 0.200. The SMILES string of the molecule is CC.CC.CC(C)=NO.CC(C)=O. The molecule has 0 saturated heterocycles. The molecule has 0 aliphatic carbocycles. The molecule has 1 N–H and O–H groups in total. The molecule has 0 heterocycles. The van der Waals surface area contributed by atoms with Crippen LogP contribution in [0.5, 0.6) is 0 Å². The molecule has 0 aliphatic rings. The zero-order valence-electron chi connectivity index (χ0n) is 10.3. The Morgan fingerprint density at radius 2 is 1.00 bits per heavy atom. The first-order valence-electron chi connectivity index (χ1n) is 4.63. The van der Waals surface area contributed by atoms with Gasteiger partial charge in [-0.15, -0.1) is 0 Å². The molecule has 0 aromatic carbocycles. The van der Waals surface area contributed by atoms with Gasteiger partial charge in [0.1, 0.15) is 5.78 Å². The number of hydrogen-bond acceptors (Lipinski definition) is 3. The van der Waals surface area contributed by atoms with Crippen LogP contribution in [0.15, 0.2) is 5.16 Å². The van der Waals surface area contributed by atoms with Crippen molar-refractivity contribution in [3.8, 4) is 0 Å². The summed E-state index contributed by atoms with van der Waals surface area (Å²) in [6.45, 7) is 14.5. The number of nitrogens with zero attached hydrogens (tertiary/aromatic N) is 1. The lowest BCUT2D eigenvalue weighted by molar-refractivity contribution is -0.114. The van der Waals surface area contributed by atoms with Gasteiger partial charge in [-0.2, -0.15) is 0 Å². The van der Waals surface area contributed by atoms with Crippen LogP contribution in [-0.4, -0.2) is 16.7 Å². The number of oxime groups is 1. The maximum Gasteiger partial charge on any atom is 0.126 e. The van der Waals surface area contributed by atoms with Gasteiger partial charge in [0.05, 0.1) is 5.71 Å². The molecule has 0 atom stereocenters. The van der Waals surface area contributed by atoms with Crippen molar-refractivity contribution in [1.29, 1.82) is 0 Å². The van der Waals surface area contributed by atoms with Gasteiger partial charge in [0.15, 0.2) is 0 Å². The third-order valence-corrected chi connectivity index (χ3v) is 0.200. The van der Waals surface area contributed by atoms with Gasteiger partial charge in [-0.05, 0) is 27.7 Å². The van der Waals surface area contributed by atoms with E-state index in [1.165, 1.54) is 13.8 Å². The minimum atomic E-state index is 0.167. The van der Waals surface area contributed by atoms with Gasteiger partial charge in [-0.3, -0.25) is 0 Å². The van der Waals surface area contributed by atoms with Gasteiger partial charge >= 0.3 is 0 Å². The van der Waals surface area contributed by atoms with Crippen LogP contribution in [0.3, 0.4) is 0 Å². The predicted molar refractivity (Wildman–Crippen MR) is 59.6 cm³/mol. The standard InChI is InChI=1S/C3H7NO.C3H6O.2C2H6/c1-3(2)4-5;1-3(2)4;2*1-2/h5H,1-2H3;1-2H3;2*1-2H3. The Hall–Kier alpha value is -0.860. The van der Waals surface area contributed by atoms with Crippen LogP contribution >= 0.6 is 0 Å². The molecule has 0 amide bonds. The maximum absolute atomic E-state index is 9.44. The molecule has 0 fully saturated rings. The van der Waals surface area contributed by atoms with Gasteiger partial charge in [0.25, 0.3) is 0 Å². The second kappa shape index (κ2) is 30.4. The highest BCUT2D eigenvalue weighted by molar-refractivity contribution is 5.78. The van der Waals surface area contributed by atoms with Crippen molar-refractivity contribution in [2.45, 2.75) is 55.4 Å². The zero-order chi connectivity index (χ0) is 11.9. The van der Waals surface area contributed by atoms with Crippen LogP contribution in [0.4, 0.5) is 0 Å². The minimum Gasteiger partial charge on any atom is -0.411 e. The quantitative estimate of drug-likeness (QED) is 0.362. The van der Waals surface area contributed by atoms with E-state index in [0.29, 0.717) is 5.71 Å². The fraction of sp³-hybridized carbons (Fsp3) is 0.800. The van der Waals surface area contributed by atoms with Crippen LogP contribution < -0.4 is 0 Å². The molecule has 82 valence electrons. The lowest BCUT2D eigenvalue weighted by Crippen LogP contribution is -1.74. The summed E-state index contributed by atoms with van der Waals surface area (Å²) in [5.41, 5.74) is 0.685. The van der Waals surface area contributed by atoms with Crippen LogP contribution in [-0.2, 0) is 4.79 Å². The van der Waals surface area contributed by atoms with Crippen molar-refractivity contribution in [3.63, 3.8) is 0 Å². The summed E-state index contributed by atoms with van der Waals surface area (Å²) in [6, 6.07) is 0. The van der Waals surface area contributed by atoms with E-state index in [9.17, 15) is 4.79 Å². The van der Waals surface area contributed by atoms with E-state index in [2.05, 4.69) is 5.16 Å². The maximum atomic E-state index is 9.44. The summed E-state index contributed by atoms with van der Waals surface area (Å²) in [5, 5.41) is 10.5. The first kappa shape index (κ1) is 22.7. The molecular formula is C10H25NO2. The summed E-state index contributed by atoms with van der Waals surface area (Å²) in [6.07, 6.45) is 0. The summed E-state index contributed by atoms with van der Waals surface area (Å²) in [4.78, 5) is 9.44. The Morgan fingerprint density at radius 1 is 0.923 bits per heavy atom. The van der Waals surface area contributed by atoms with E-state index in [0.717, 1.165) is 0 Å².